The number of carbonyl (C=O) groups is 1. The van der Waals surface area contributed by atoms with E-state index in [9.17, 15) is 4.79 Å². The fourth-order valence-corrected chi connectivity index (χ4v) is 3.29. The second-order valence-electron chi connectivity index (χ2n) is 4.95. The highest BCUT2D eigenvalue weighted by Crippen LogP contribution is 2.38. The average Bonchev–Trinajstić information content (AvgIpc) is 2.74. The van der Waals surface area contributed by atoms with Crippen LogP contribution in [0.4, 0.5) is 0 Å². The first kappa shape index (κ1) is 11.7. The molecule has 1 aliphatic carbocycles. The van der Waals surface area contributed by atoms with Gasteiger partial charge in [-0.3, -0.25) is 4.79 Å². The molecule has 1 fully saturated rings. The average molecular weight is 256 g/mol. The van der Waals surface area contributed by atoms with Crippen LogP contribution in [0.1, 0.15) is 50.9 Å². The molecule has 0 unspecified atom stereocenters. The number of ketones is 1. The predicted octanol–water partition coefficient (Wildman–Crippen LogP) is 4.56. The Balaban J connectivity index is 1.98. The zero-order valence-corrected chi connectivity index (χ0v) is 11.3. The molecule has 0 amide bonds. The summed E-state index contributed by atoms with van der Waals surface area (Å²) < 4.78 is 0. The molecule has 2 heteroatoms. The van der Waals surface area contributed by atoms with Crippen LogP contribution in [0.2, 0.25) is 0 Å². The topological polar surface area (TPSA) is 17.1 Å². The highest BCUT2D eigenvalue weighted by molar-refractivity contribution is 7.14. The zero-order valence-electron chi connectivity index (χ0n) is 10.5. The minimum Gasteiger partial charge on any atom is -0.288 e. The predicted molar refractivity (Wildman–Crippen MR) is 75.5 cm³/mol. The van der Waals surface area contributed by atoms with Crippen molar-refractivity contribution in [3.8, 4) is 0 Å². The Kier molecular flexibility index (Phi) is 3.04. The van der Waals surface area contributed by atoms with Gasteiger partial charge in [-0.25, -0.2) is 0 Å². The van der Waals surface area contributed by atoms with Gasteiger partial charge in [-0.2, -0.15) is 0 Å². The van der Waals surface area contributed by atoms with Crippen molar-refractivity contribution in [2.75, 3.05) is 0 Å². The third-order valence-electron chi connectivity index (χ3n) is 3.71. The minimum absolute atomic E-state index is 0.190. The summed E-state index contributed by atoms with van der Waals surface area (Å²) in [6.07, 6.45) is 3.76. The van der Waals surface area contributed by atoms with E-state index in [0.717, 1.165) is 10.4 Å². The number of hydrogen-bond acceptors (Lipinski definition) is 2. The van der Waals surface area contributed by atoms with Crippen molar-refractivity contribution in [3.05, 3.63) is 57.3 Å². The number of aryl methyl sites for hydroxylation is 1. The summed E-state index contributed by atoms with van der Waals surface area (Å²) in [5, 5.41) is 0. The van der Waals surface area contributed by atoms with E-state index in [0.29, 0.717) is 5.92 Å². The van der Waals surface area contributed by atoms with Crippen LogP contribution in [0.3, 0.4) is 0 Å². The van der Waals surface area contributed by atoms with Gasteiger partial charge in [-0.05, 0) is 43.4 Å². The maximum Gasteiger partial charge on any atom is 0.203 e. The molecule has 0 radical (unpaired) electrons. The van der Waals surface area contributed by atoms with Crippen LogP contribution in [0.5, 0.6) is 0 Å². The standard InChI is InChI=1S/C16H16OS/c1-11-9-10-15(18-11)16(17)14-8-3-2-7-13(14)12-5-4-6-12/h2-3,7-10,12H,4-6H2,1H3. The largest absolute Gasteiger partial charge is 0.288 e. The summed E-state index contributed by atoms with van der Waals surface area (Å²) in [5.74, 6) is 0.793. The maximum absolute atomic E-state index is 12.5. The Hall–Kier alpha value is -1.41. The maximum atomic E-state index is 12.5. The molecule has 0 aliphatic heterocycles. The number of rotatable bonds is 3. The van der Waals surface area contributed by atoms with Crippen LogP contribution in [0.15, 0.2) is 36.4 Å². The van der Waals surface area contributed by atoms with Crippen LogP contribution in [0, 0.1) is 6.92 Å². The van der Waals surface area contributed by atoms with Crippen molar-refractivity contribution in [1.29, 1.82) is 0 Å². The van der Waals surface area contributed by atoms with Crippen molar-refractivity contribution in [2.24, 2.45) is 0 Å². The molecule has 0 bridgehead atoms. The SMILES string of the molecule is Cc1ccc(C(=O)c2ccccc2C2CCC2)s1. The molecular formula is C16H16OS. The molecule has 1 heterocycles. The van der Waals surface area contributed by atoms with E-state index in [1.54, 1.807) is 11.3 Å². The third kappa shape index (κ3) is 2.01. The lowest BCUT2D eigenvalue weighted by atomic mass is 9.77. The van der Waals surface area contributed by atoms with Crippen molar-refractivity contribution < 1.29 is 4.79 Å². The van der Waals surface area contributed by atoms with Gasteiger partial charge in [0.25, 0.3) is 0 Å². The fraction of sp³-hybridized carbons (Fsp3) is 0.312. The number of carbonyl (C=O) groups excluding carboxylic acids is 1. The molecule has 92 valence electrons. The first-order valence-electron chi connectivity index (χ1n) is 6.46. The van der Waals surface area contributed by atoms with Crippen molar-refractivity contribution in [3.63, 3.8) is 0 Å². The van der Waals surface area contributed by atoms with Gasteiger partial charge in [0.15, 0.2) is 0 Å². The van der Waals surface area contributed by atoms with E-state index >= 15 is 0 Å². The summed E-state index contributed by atoms with van der Waals surface area (Å²) in [6.45, 7) is 2.04. The van der Waals surface area contributed by atoms with Gasteiger partial charge < -0.3 is 0 Å². The molecular weight excluding hydrogens is 240 g/mol. The van der Waals surface area contributed by atoms with E-state index < -0.39 is 0 Å². The lowest BCUT2D eigenvalue weighted by Gasteiger charge is -2.27. The Labute approximate surface area is 111 Å². The fourth-order valence-electron chi connectivity index (χ4n) is 2.47. The molecule has 18 heavy (non-hydrogen) atoms. The molecule has 0 N–H and O–H groups in total. The van der Waals surface area contributed by atoms with Crippen LogP contribution in [-0.4, -0.2) is 5.78 Å². The molecule has 1 saturated carbocycles. The van der Waals surface area contributed by atoms with Gasteiger partial charge >= 0.3 is 0 Å². The normalized spacial score (nSPS) is 15.4. The molecule has 2 aromatic rings. The van der Waals surface area contributed by atoms with Crippen molar-refractivity contribution in [2.45, 2.75) is 32.1 Å². The van der Waals surface area contributed by atoms with Gasteiger partial charge in [-0.1, -0.05) is 30.7 Å². The number of thiophene rings is 1. The van der Waals surface area contributed by atoms with E-state index in [2.05, 4.69) is 6.07 Å². The number of benzene rings is 1. The molecule has 0 saturated heterocycles. The molecule has 3 rings (SSSR count). The van der Waals surface area contributed by atoms with Crippen LogP contribution in [-0.2, 0) is 0 Å². The molecule has 0 atom stereocenters. The summed E-state index contributed by atoms with van der Waals surface area (Å²) in [7, 11) is 0. The van der Waals surface area contributed by atoms with E-state index in [-0.39, 0.29) is 5.78 Å². The Morgan fingerprint density at radius 1 is 1.17 bits per heavy atom. The second kappa shape index (κ2) is 4.69. The molecule has 1 aromatic carbocycles. The monoisotopic (exact) mass is 256 g/mol. The third-order valence-corrected chi connectivity index (χ3v) is 4.71. The molecule has 1 aromatic heterocycles. The zero-order chi connectivity index (χ0) is 12.5. The first-order chi connectivity index (χ1) is 8.75. The van der Waals surface area contributed by atoms with Crippen LogP contribution in [0.25, 0.3) is 0 Å². The Morgan fingerprint density at radius 2 is 1.94 bits per heavy atom. The van der Waals surface area contributed by atoms with Gasteiger partial charge in [0.05, 0.1) is 4.88 Å². The molecule has 0 spiro atoms. The quantitative estimate of drug-likeness (QED) is 0.736. The van der Waals surface area contributed by atoms with Gasteiger partial charge in [0.1, 0.15) is 0 Å². The van der Waals surface area contributed by atoms with E-state index in [1.807, 2.05) is 37.3 Å². The molecule has 1 nitrogen and oxygen atoms in total. The van der Waals surface area contributed by atoms with Gasteiger partial charge in [-0.15, -0.1) is 11.3 Å². The van der Waals surface area contributed by atoms with Gasteiger partial charge in [0, 0.05) is 10.4 Å². The van der Waals surface area contributed by atoms with Gasteiger partial charge in [0.2, 0.25) is 5.78 Å². The second-order valence-corrected chi connectivity index (χ2v) is 6.24. The van der Waals surface area contributed by atoms with Crippen LogP contribution >= 0.6 is 11.3 Å². The lowest BCUT2D eigenvalue weighted by molar-refractivity contribution is 0.104. The Morgan fingerprint density at radius 3 is 2.56 bits per heavy atom. The lowest BCUT2D eigenvalue weighted by Crippen LogP contribution is -2.13. The van der Waals surface area contributed by atoms with Crippen molar-refractivity contribution >= 4 is 17.1 Å². The molecule has 1 aliphatic rings. The summed E-state index contributed by atoms with van der Waals surface area (Å²) in [6, 6.07) is 12.1. The smallest absolute Gasteiger partial charge is 0.203 e. The summed E-state index contributed by atoms with van der Waals surface area (Å²) >= 11 is 1.59. The Bertz CT molecular complexity index is 578. The highest BCUT2D eigenvalue weighted by atomic mass is 32.1. The number of hydrogen-bond donors (Lipinski definition) is 0. The van der Waals surface area contributed by atoms with Crippen LogP contribution < -0.4 is 0 Å². The van der Waals surface area contributed by atoms with E-state index in [4.69, 9.17) is 0 Å². The van der Waals surface area contributed by atoms with E-state index in [1.165, 1.54) is 29.7 Å². The minimum atomic E-state index is 0.190. The first-order valence-corrected chi connectivity index (χ1v) is 7.27. The highest BCUT2D eigenvalue weighted by Gasteiger charge is 2.24. The summed E-state index contributed by atoms with van der Waals surface area (Å²) in [4.78, 5) is 14.6. The summed E-state index contributed by atoms with van der Waals surface area (Å²) in [5.41, 5.74) is 2.16. The van der Waals surface area contributed by atoms with Crippen molar-refractivity contribution in [1.82, 2.24) is 0 Å².